The summed E-state index contributed by atoms with van der Waals surface area (Å²) in [6.45, 7) is 2.63. The molecule has 8 heteroatoms. The van der Waals surface area contributed by atoms with Gasteiger partial charge in [0.05, 0.1) is 17.4 Å². The van der Waals surface area contributed by atoms with Crippen LogP contribution in [0.5, 0.6) is 0 Å². The molecule has 8 nitrogen and oxygen atoms in total. The Balaban J connectivity index is 1.29. The average Bonchev–Trinajstić information content (AvgIpc) is 3.47. The fourth-order valence-corrected chi connectivity index (χ4v) is 5.51. The van der Waals surface area contributed by atoms with Crippen molar-refractivity contribution < 1.29 is 9.59 Å². The highest BCUT2D eigenvalue weighted by molar-refractivity contribution is 6.13. The van der Waals surface area contributed by atoms with Gasteiger partial charge in [-0.3, -0.25) is 9.59 Å². The summed E-state index contributed by atoms with van der Waals surface area (Å²) in [6, 6.07) is 16.5. The van der Waals surface area contributed by atoms with E-state index in [-0.39, 0.29) is 11.8 Å². The van der Waals surface area contributed by atoms with Crippen molar-refractivity contribution in [3.05, 3.63) is 65.9 Å². The van der Waals surface area contributed by atoms with Crippen LogP contribution in [0.2, 0.25) is 0 Å². The Morgan fingerprint density at radius 1 is 1.00 bits per heavy atom. The van der Waals surface area contributed by atoms with E-state index >= 15 is 0 Å². The molecule has 0 atom stereocenters. The monoisotopic (exact) mass is 526 g/mol. The molecule has 3 aromatic rings. The van der Waals surface area contributed by atoms with Crippen LogP contribution in [0.4, 0.5) is 28.8 Å². The van der Waals surface area contributed by atoms with E-state index in [1.165, 1.54) is 18.4 Å². The van der Waals surface area contributed by atoms with E-state index in [4.69, 9.17) is 4.98 Å². The molecule has 2 amide bonds. The van der Waals surface area contributed by atoms with Gasteiger partial charge in [-0.05, 0) is 61.9 Å². The maximum absolute atomic E-state index is 13.3. The van der Waals surface area contributed by atoms with Gasteiger partial charge in [-0.15, -0.1) is 0 Å². The number of rotatable bonds is 10. The Kier molecular flexibility index (Phi) is 8.39. The number of para-hydroxylation sites is 1. The van der Waals surface area contributed by atoms with Crippen LogP contribution in [0.15, 0.2) is 54.7 Å². The van der Waals surface area contributed by atoms with E-state index in [0.29, 0.717) is 24.0 Å². The first-order valence-electron chi connectivity index (χ1n) is 14.2. The molecule has 204 valence electrons. The van der Waals surface area contributed by atoms with Crippen molar-refractivity contribution in [2.24, 2.45) is 0 Å². The van der Waals surface area contributed by atoms with Crippen LogP contribution in [0.1, 0.15) is 74.2 Å². The molecule has 2 heterocycles. The first kappa shape index (κ1) is 26.7. The third-order valence-corrected chi connectivity index (χ3v) is 7.72. The molecule has 1 aliphatic carbocycles. The highest BCUT2D eigenvalue weighted by Gasteiger charge is 2.35. The number of aryl methyl sites for hydroxylation is 1. The van der Waals surface area contributed by atoms with E-state index in [0.717, 1.165) is 67.9 Å². The number of fused-ring (bicyclic) bond motifs is 2. The van der Waals surface area contributed by atoms with Crippen LogP contribution >= 0.6 is 0 Å². The number of hydrogen-bond donors (Lipinski definition) is 2. The third-order valence-electron chi connectivity index (χ3n) is 7.72. The van der Waals surface area contributed by atoms with E-state index in [9.17, 15) is 9.59 Å². The summed E-state index contributed by atoms with van der Waals surface area (Å²) in [6.07, 6.45) is 11.0. The highest BCUT2D eigenvalue weighted by atomic mass is 16.2. The second-order valence-electron chi connectivity index (χ2n) is 10.4. The smallest absolute Gasteiger partial charge is 0.260 e. The van der Waals surface area contributed by atoms with Gasteiger partial charge in [0.2, 0.25) is 11.9 Å². The number of benzene rings is 2. The number of nitrogens with one attached hydrogen (secondary N) is 2. The molecule has 1 saturated carbocycles. The van der Waals surface area contributed by atoms with Gasteiger partial charge in [0.25, 0.3) is 5.91 Å². The van der Waals surface area contributed by atoms with Crippen molar-refractivity contribution in [3.63, 3.8) is 0 Å². The lowest BCUT2D eigenvalue weighted by Gasteiger charge is -2.31. The first-order chi connectivity index (χ1) is 19.0. The van der Waals surface area contributed by atoms with Gasteiger partial charge < -0.3 is 20.4 Å². The summed E-state index contributed by atoms with van der Waals surface area (Å²) in [7, 11) is 1.80. The molecular weight excluding hydrogens is 488 g/mol. The molecule has 0 unspecified atom stereocenters. The van der Waals surface area contributed by atoms with Gasteiger partial charge in [-0.2, -0.15) is 4.98 Å². The molecule has 0 radical (unpaired) electrons. The standard InChI is InChI=1S/C31H38N6O2/c1-3-28(38)32-20-10-4-5-11-22-16-18-23(19-17-22)34-31-33-21-27-29(35-31)37(24-12-6-7-13-24)26-15-9-8-14-25(26)30(39)36(27)2/h8-9,14-19,21,24H,3-7,10-13,20H2,1-2H3,(H,32,38)(H,33,34,35). The van der Waals surface area contributed by atoms with Crippen LogP contribution in [0.25, 0.3) is 0 Å². The molecule has 0 bridgehead atoms. The number of anilines is 5. The van der Waals surface area contributed by atoms with Gasteiger partial charge in [-0.1, -0.05) is 50.5 Å². The summed E-state index contributed by atoms with van der Waals surface area (Å²) in [5, 5.41) is 6.30. The Labute approximate surface area is 230 Å². The number of aromatic nitrogens is 2. The minimum absolute atomic E-state index is 0.0436. The predicted molar refractivity (Wildman–Crippen MR) is 156 cm³/mol. The van der Waals surface area contributed by atoms with Crippen molar-refractivity contribution in [1.82, 2.24) is 15.3 Å². The minimum atomic E-state index is -0.0436. The lowest BCUT2D eigenvalue weighted by Crippen LogP contribution is -2.30. The second-order valence-corrected chi connectivity index (χ2v) is 10.4. The Hall–Kier alpha value is -3.94. The normalized spacial score (nSPS) is 15.1. The number of unbranched alkanes of at least 4 members (excludes halogenated alkanes) is 2. The van der Waals surface area contributed by atoms with Gasteiger partial charge in [0.1, 0.15) is 5.69 Å². The molecule has 2 N–H and O–H groups in total. The second kappa shape index (κ2) is 12.3. The van der Waals surface area contributed by atoms with Crippen molar-refractivity contribution in [3.8, 4) is 0 Å². The van der Waals surface area contributed by atoms with Gasteiger partial charge >= 0.3 is 0 Å². The molecule has 5 rings (SSSR count). The Morgan fingerprint density at radius 2 is 1.77 bits per heavy atom. The molecule has 0 saturated heterocycles. The summed E-state index contributed by atoms with van der Waals surface area (Å²) in [4.78, 5) is 38.2. The molecule has 1 aliphatic heterocycles. The van der Waals surface area contributed by atoms with Crippen LogP contribution in [-0.2, 0) is 11.2 Å². The molecule has 39 heavy (non-hydrogen) atoms. The average molecular weight is 527 g/mol. The molecule has 2 aliphatic rings. The highest BCUT2D eigenvalue weighted by Crippen LogP contribution is 2.43. The number of carbonyl (C=O) groups is 2. The molecule has 1 aromatic heterocycles. The van der Waals surface area contributed by atoms with Crippen molar-refractivity contribution in [2.75, 3.05) is 28.7 Å². The predicted octanol–water partition coefficient (Wildman–Crippen LogP) is 6.13. The van der Waals surface area contributed by atoms with Crippen molar-refractivity contribution in [2.45, 2.75) is 70.8 Å². The quantitative estimate of drug-likeness (QED) is 0.309. The molecule has 1 fully saturated rings. The Morgan fingerprint density at radius 3 is 2.54 bits per heavy atom. The maximum Gasteiger partial charge on any atom is 0.260 e. The van der Waals surface area contributed by atoms with Crippen LogP contribution in [0.3, 0.4) is 0 Å². The summed E-state index contributed by atoms with van der Waals surface area (Å²) >= 11 is 0. The van der Waals surface area contributed by atoms with Crippen molar-refractivity contribution in [1.29, 1.82) is 0 Å². The lowest BCUT2D eigenvalue weighted by molar-refractivity contribution is -0.120. The fourth-order valence-electron chi connectivity index (χ4n) is 5.51. The van der Waals surface area contributed by atoms with Gasteiger partial charge in [-0.25, -0.2) is 4.98 Å². The van der Waals surface area contributed by atoms with E-state index < -0.39 is 0 Å². The van der Waals surface area contributed by atoms with E-state index in [1.807, 2.05) is 31.2 Å². The van der Waals surface area contributed by atoms with Crippen LogP contribution < -0.4 is 20.4 Å². The first-order valence-corrected chi connectivity index (χ1v) is 14.2. The number of carbonyl (C=O) groups excluding carboxylic acids is 2. The zero-order chi connectivity index (χ0) is 27.2. The summed E-state index contributed by atoms with van der Waals surface area (Å²) in [5.41, 5.74) is 4.54. The largest absolute Gasteiger partial charge is 0.356 e. The van der Waals surface area contributed by atoms with E-state index in [1.54, 1.807) is 18.1 Å². The minimum Gasteiger partial charge on any atom is -0.356 e. The lowest BCUT2D eigenvalue weighted by atomic mass is 10.1. The number of nitrogens with zero attached hydrogens (tertiary/aromatic N) is 4. The maximum atomic E-state index is 13.3. The third kappa shape index (κ3) is 6.05. The van der Waals surface area contributed by atoms with Gasteiger partial charge in [0.15, 0.2) is 5.82 Å². The summed E-state index contributed by atoms with van der Waals surface area (Å²) in [5.74, 6) is 1.36. The SMILES string of the molecule is CCC(=O)NCCCCCc1ccc(Nc2ncc3c(n2)N(C2CCCC2)c2ccccc2C(=O)N3C)cc1. The van der Waals surface area contributed by atoms with Crippen LogP contribution in [0, 0.1) is 0 Å². The Bertz CT molecular complexity index is 1300. The zero-order valence-electron chi connectivity index (χ0n) is 22.9. The van der Waals surface area contributed by atoms with Gasteiger partial charge in [0, 0.05) is 31.7 Å². The van der Waals surface area contributed by atoms with Crippen LogP contribution in [-0.4, -0.2) is 41.4 Å². The number of hydrogen-bond acceptors (Lipinski definition) is 6. The topological polar surface area (TPSA) is 90.5 Å². The zero-order valence-corrected chi connectivity index (χ0v) is 22.9. The molecule has 0 spiro atoms. The molecular formula is C31H38N6O2. The number of amides is 2. The molecule has 2 aromatic carbocycles. The fraction of sp³-hybridized carbons (Fsp3) is 0.419. The van der Waals surface area contributed by atoms with Crippen molar-refractivity contribution >= 4 is 40.6 Å². The summed E-state index contributed by atoms with van der Waals surface area (Å²) < 4.78 is 0. The van der Waals surface area contributed by atoms with E-state index in [2.05, 4.69) is 44.8 Å².